The molecule has 0 saturated carbocycles. The number of likely N-dealkylation sites (N-methyl/N-ethyl adjacent to an activating group) is 1. The molecule has 5 nitrogen and oxygen atoms in total. The van der Waals surface area contributed by atoms with Crippen molar-refractivity contribution in [2.75, 3.05) is 13.7 Å². The Morgan fingerprint density at radius 2 is 1.76 bits per heavy atom. The van der Waals surface area contributed by atoms with Crippen LogP contribution in [0.3, 0.4) is 0 Å². The highest BCUT2D eigenvalue weighted by atomic mass is 16.5. The standard InChI is InChI=1S/C24H32N2O3/c1-7-21(24(28)25-6)26(14-20-11-9-8-10-17(20)3)23(27)15-29-22-13-16(2)12-18(4)19(22)5/h8-13,21H,7,14-15H2,1-6H3,(H,25,28)/t21-/m1/s1. The van der Waals surface area contributed by atoms with Crippen LogP contribution in [0.15, 0.2) is 36.4 Å². The number of carbonyl (C=O) groups excluding carboxylic acids is 2. The van der Waals surface area contributed by atoms with E-state index >= 15 is 0 Å². The fourth-order valence-corrected chi connectivity index (χ4v) is 3.43. The number of hydrogen-bond donors (Lipinski definition) is 1. The molecule has 0 saturated heterocycles. The average Bonchev–Trinajstić information content (AvgIpc) is 2.70. The quantitative estimate of drug-likeness (QED) is 0.737. The minimum atomic E-state index is -0.545. The zero-order valence-corrected chi connectivity index (χ0v) is 18.3. The van der Waals surface area contributed by atoms with Crippen molar-refractivity contribution in [3.05, 3.63) is 64.2 Å². The van der Waals surface area contributed by atoms with Crippen LogP contribution in [0.25, 0.3) is 0 Å². The summed E-state index contributed by atoms with van der Waals surface area (Å²) in [6.07, 6.45) is 0.528. The topological polar surface area (TPSA) is 58.6 Å². The third kappa shape index (κ3) is 5.59. The maximum atomic E-state index is 13.2. The number of rotatable bonds is 8. The molecule has 0 heterocycles. The molecule has 0 aromatic heterocycles. The van der Waals surface area contributed by atoms with Gasteiger partial charge in [0.1, 0.15) is 11.8 Å². The van der Waals surface area contributed by atoms with Gasteiger partial charge in [0.05, 0.1) is 0 Å². The first-order valence-corrected chi connectivity index (χ1v) is 10.0. The van der Waals surface area contributed by atoms with E-state index in [1.54, 1.807) is 11.9 Å². The molecule has 2 amide bonds. The van der Waals surface area contributed by atoms with Crippen molar-refractivity contribution in [3.8, 4) is 5.75 Å². The molecule has 1 atom stereocenters. The Morgan fingerprint density at radius 1 is 1.07 bits per heavy atom. The van der Waals surface area contributed by atoms with E-state index in [1.807, 2.05) is 65.0 Å². The first-order valence-electron chi connectivity index (χ1n) is 10.0. The third-order valence-electron chi connectivity index (χ3n) is 5.35. The Kier molecular flexibility index (Phi) is 7.82. The van der Waals surface area contributed by atoms with Gasteiger partial charge in [0.25, 0.3) is 5.91 Å². The molecule has 0 bridgehead atoms. The Morgan fingerprint density at radius 3 is 2.38 bits per heavy atom. The molecule has 2 aromatic carbocycles. The summed E-state index contributed by atoms with van der Waals surface area (Å²) in [6.45, 7) is 10.2. The smallest absolute Gasteiger partial charge is 0.261 e. The number of aryl methyl sites for hydroxylation is 3. The van der Waals surface area contributed by atoms with E-state index in [9.17, 15) is 9.59 Å². The van der Waals surface area contributed by atoms with Crippen LogP contribution in [-0.2, 0) is 16.1 Å². The largest absolute Gasteiger partial charge is 0.483 e. The molecule has 0 aliphatic heterocycles. The summed E-state index contributed by atoms with van der Waals surface area (Å²) in [7, 11) is 1.59. The first-order chi connectivity index (χ1) is 13.8. The van der Waals surface area contributed by atoms with Gasteiger partial charge in [0.2, 0.25) is 5.91 Å². The highest BCUT2D eigenvalue weighted by Gasteiger charge is 2.28. The minimum Gasteiger partial charge on any atom is -0.483 e. The molecule has 156 valence electrons. The predicted molar refractivity (Wildman–Crippen MR) is 116 cm³/mol. The fourth-order valence-electron chi connectivity index (χ4n) is 3.43. The molecule has 0 unspecified atom stereocenters. The van der Waals surface area contributed by atoms with Gasteiger partial charge < -0.3 is 15.0 Å². The molecule has 0 aliphatic carbocycles. The molecule has 2 aromatic rings. The van der Waals surface area contributed by atoms with E-state index in [2.05, 4.69) is 11.4 Å². The number of nitrogens with zero attached hydrogens (tertiary/aromatic N) is 1. The lowest BCUT2D eigenvalue weighted by molar-refractivity contribution is -0.142. The van der Waals surface area contributed by atoms with Crippen LogP contribution >= 0.6 is 0 Å². The number of benzene rings is 2. The van der Waals surface area contributed by atoms with E-state index < -0.39 is 6.04 Å². The van der Waals surface area contributed by atoms with Crippen LogP contribution in [0.5, 0.6) is 5.75 Å². The van der Waals surface area contributed by atoms with Gasteiger partial charge in [-0.2, -0.15) is 0 Å². The van der Waals surface area contributed by atoms with Gasteiger partial charge in [-0.1, -0.05) is 37.3 Å². The molecule has 2 rings (SSSR count). The second-order valence-electron chi connectivity index (χ2n) is 7.48. The molecule has 29 heavy (non-hydrogen) atoms. The normalized spacial score (nSPS) is 11.7. The van der Waals surface area contributed by atoms with E-state index in [0.717, 1.165) is 27.8 Å². The van der Waals surface area contributed by atoms with Crippen molar-refractivity contribution in [3.63, 3.8) is 0 Å². The van der Waals surface area contributed by atoms with E-state index in [-0.39, 0.29) is 18.4 Å². The fraction of sp³-hybridized carbons (Fsp3) is 0.417. The second-order valence-corrected chi connectivity index (χ2v) is 7.48. The number of ether oxygens (including phenoxy) is 1. The van der Waals surface area contributed by atoms with Gasteiger partial charge in [0.15, 0.2) is 6.61 Å². The maximum Gasteiger partial charge on any atom is 0.261 e. The highest BCUT2D eigenvalue weighted by molar-refractivity contribution is 5.88. The summed E-state index contributed by atoms with van der Waals surface area (Å²) in [5.74, 6) is 0.332. The molecule has 1 N–H and O–H groups in total. The van der Waals surface area contributed by atoms with Gasteiger partial charge in [-0.05, 0) is 68.0 Å². The molecule has 0 spiro atoms. The molecule has 0 fully saturated rings. The van der Waals surface area contributed by atoms with Crippen molar-refractivity contribution in [1.82, 2.24) is 10.2 Å². The number of nitrogens with one attached hydrogen (secondary N) is 1. The highest BCUT2D eigenvalue weighted by Crippen LogP contribution is 2.24. The number of hydrogen-bond acceptors (Lipinski definition) is 3. The van der Waals surface area contributed by atoms with Gasteiger partial charge in [0, 0.05) is 13.6 Å². The van der Waals surface area contributed by atoms with E-state index in [4.69, 9.17) is 4.74 Å². The zero-order valence-electron chi connectivity index (χ0n) is 18.3. The minimum absolute atomic E-state index is 0.108. The van der Waals surface area contributed by atoms with Crippen LogP contribution in [0.4, 0.5) is 0 Å². The van der Waals surface area contributed by atoms with Crippen LogP contribution < -0.4 is 10.1 Å². The SMILES string of the molecule is CC[C@H](C(=O)NC)N(Cc1ccccc1C)C(=O)COc1cc(C)cc(C)c1C. The van der Waals surface area contributed by atoms with Crippen molar-refractivity contribution in [2.24, 2.45) is 0 Å². The van der Waals surface area contributed by atoms with Gasteiger partial charge >= 0.3 is 0 Å². The van der Waals surface area contributed by atoms with Crippen molar-refractivity contribution in [1.29, 1.82) is 0 Å². The summed E-state index contributed by atoms with van der Waals surface area (Å²) in [4.78, 5) is 27.2. The Labute approximate surface area is 174 Å². The molecular weight excluding hydrogens is 364 g/mol. The molecular formula is C24H32N2O3. The summed E-state index contributed by atoms with van der Waals surface area (Å²) in [5.41, 5.74) is 5.34. The summed E-state index contributed by atoms with van der Waals surface area (Å²) >= 11 is 0. The Balaban J connectivity index is 2.26. The van der Waals surface area contributed by atoms with Crippen LogP contribution in [-0.4, -0.2) is 36.4 Å². The first kappa shape index (κ1) is 22.5. The van der Waals surface area contributed by atoms with Gasteiger partial charge in [-0.25, -0.2) is 0 Å². The lowest BCUT2D eigenvalue weighted by Gasteiger charge is -2.30. The van der Waals surface area contributed by atoms with E-state index in [1.165, 1.54) is 0 Å². The van der Waals surface area contributed by atoms with Crippen molar-refractivity contribution in [2.45, 2.75) is 53.6 Å². The Bertz CT molecular complexity index is 876. The van der Waals surface area contributed by atoms with Crippen molar-refractivity contribution < 1.29 is 14.3 Å². The average molecular weight is 397 g/mol. The zero-order chi connectivity index (χ0) is 21.6. The predicted octanol–water partition coefficient (Wildman–Crippen LogP) is 3.85. The lowest BCUT2D eigenvalue weighted by Crippen LogP contribution is -2.49. The Hall–Kier alpha value is -2.82. The maximum absolute atomic E-state index is 13.2. The molecule has 5 heteroatoms. The van der Waals surface area contributed by atoms with Crippen molar-refractivity contribution >= 4 is 11.8 Å². The lowest BCUT2D eigenvalue weighted by atomic mass is 10.1. The van der Waals surface area contributed by atoms with Crippen LogP contribution in [0, 0.1) is 27.7 Å². The molecule has 0 radical (unpaired) electrons. The summed E-state index contributed by atoms with van der Waals surface area (Å²) in [5, 5.41) is 2.68. The van der Waals surface area contributed by atoms with Gasteiger partial charge in [-0.3, -0.25) is 9.59 Å². The molecule has 0 aliphatic rings. The van der Waals surface area contributed by atoms with E-state index in [0.29, 0.717) is 18.7 Å². The summed E-state index contributed by atoms with van der Waals surface area (Å²) < 4.78 is 5.89. The van der Waals surface area contributed by atoms with Crippen LogP contribution in [0.2, 0.25) is 0 Å². The second kappa shape index (κ2) is 10.1. The third-order valence-corrected chi connectivity index (χ3v) is 5.35. The van der Waals surface area contributed by atoms with Gasteiger partial charge in [-0.15, -0.1) is 0 Å². The number of amides is 2. The number of carbonyl (C=O) groups is 2. The van der Waals surface area contributed by atoms with Crippen LogP contribution in [0.1, 0.15) is 41.2 Å². The summed E-state index contributed by atoms with van der Waals surface area (Å²) in [6, 6.07) is 11.4. The monoisotopic (exact) mass is 396 g/mol.